The van der Waals surface area contributed by atoms with Gasteiger partial charge in [-0.05, 0) is 61.6 Å². The van der Waals surface area contributed by atoms with Crippen LogP contribution in [0.1, 0.15) is 51.8 Å². The second kappa shape index (κ2) is 11.4. The first-order valence-electron chi connectivity index (χ1n) is 11.2. The Labute approximate surface area is 195 Å². The number of carbonyl (C=O) groups excluding carboxylic acids is 2. The standard InChI is InChI=1S/C27H32N2O4/c1-5-33-27(31)26-19(2)24(20(3)28-26)18-29(17-22-9-7-6-8-10-22)25(30)16-13-21-11-14-23(32-4)15-12-21/h6-12,14-15,28H,5,13,16-18H2,1-4H3. The molecule has 0 unspecified atom stereocenters. The smallest absolute Gasteiger partial charge is 0.355 e. The van der Waals surface area contributed by atoms with Crippen molar-refractivity contribution in [2.75, 3.05) is 13.7 Å². The third-order valence-corrected chi connectivity index (χ3v) is 5.78. The van der Waals surface area contributed by atoms with Crippen molar-refractivity contribution in [3.05, 3.63) is 88.2 Å². The molecule has 0 saturated carbocycles. The molecule has 0 radical (unpaired) electrons. The topological polar surface area (TPSA) is 71.6 Å². The van der Waals surface area contributed by atoms with Gasteiger partial charge in [-0.2, -0.15) is 0 Å². The van der Waals surface area contributed by atoms with Crippen molar-refractivity contribution in [3.63, 3.8) is 0 Å². The van der Waals surface area contributed by atoms with Crippen LogP contribution >= 0.6 is 0 Å². The van der Waals surface area contributed by atoms with E-state index in [-0.39, 0.29) is 11.9 Å². The largest absolute Gasteiger partial charge is 0.497 e. The van der Waals surface area contributed by atoms with Gasteiger partial charge in [0, 0.05) is 25.2 Å². The summed E-state index contributed by atoms with van der Waals surface area (Å²) in [4.78, 5) is 30.6. The predicted molar refractivity (Wildman–Crippen MR) is 128 cm³/mol. The van der Waals surface area contributed by atoms with Crippen molar-refractivity contribution in [2.45, 2.75) is 46.7 Å². The molecule has 0 atom stereocenters. The lowest BCUT2D eigenvalue weighted by molar-refractivity contribution is -0.132. The third-order valence-electron chi connectivity index (χ3n) is 5.78. The van der Waals surface area contributed by atoms with E-state index < -0.39 is 0 Å². The second-order valence-electron chi connectivity index (χ2n) is 8.03. The Bertz CT molecular complexity index is 1070. The Morgan fingerprint density at radius 2 is 1.64 bits per heavy atom. The number of hydrogen-bond donors (Lipinski definition) is 1. The number of nitrogens with zero attached hydrogens (tertiary/aromatic N) is 1. The molecule has 3 aromatic rings. The fourth-order valence-electron chi connectivity index (χ4n) is 3.86. The molecule has 1 N–H and O–H groups in total. The van der Waals surface area contributed by atoms with E-state index in [4.69, 9.17) is 9.47 Å². The number of aryl methyl sites for hydroxylation is 2. The summed E-state index contributed by atoms with van der Waals surface area (Å²) in [6.07, 6.45) is 1.04. The van der Waals surface area contributed by atoms with Crippen molar-refractivity contribution in [2.24, 2.45) is 0 Å². The molecule has 6 heteroatoms. The van der Waals surface area contributed by atoms with Crippen molar-refractivity contribution in [1.29, 1.82) is 0 Å². The Balaban J connectivity index is 1.79. The number of aromatic amines is 1. The molecule has 0 saturated heterocycles. The normalized spacial score (nSPS) is 10.7. The highest BCUT2D eigenvalue weighted by Crippen LogP contribution is 2.23. The summed E-state index contributed by atoms with van der Waals surface area (Å²) in [7, 11) is 1.64. The molecule has 33 heavy (non-hydrogen) atoms. The molecule has 0 spiro atoms. The second-order valence-corrected chi connectivity index (χ2v) is 8.03. The highest BCUT2D eigenvalue weighted by molar-refractivity contribution is 5.90. The molecule has 3 rings (SSSR count). The number of hydrogen-bond acceptors (Lipinski definition) is 4. The van der Waals surface area contributed by atoms with Gasteiger partial charge in [-0.25, -0.2) is 4.79 Å². The minimum absolute atomic E-state index is 0.0624. The molecule has 0 aliphatic rings. The zero-order valence-electron chi connectivity index (χ0n) is 19.8. The first kappa shape index (κ1) is 24.1. The number of ether oxygens (including phenoxy) is 2. The molecular formula is C27H32N2O4. The van der Waals surface area contributed by atoms with E-state index in [2.05, 4.69) is 4.98 Å². The van der Waals surface area contributed by atoms with Crippen LogP contribution in [0.3, 0.4) is 0 Å². The van der Waals surface area contributed by atoms with E-state index in [1.165, 1.54) is 0 Å². The molecule has 2 aromatic carbocycles. The predicted octanol–water partition coefficient (Wildman–Crippen LogP) is 4.98. The van der Waals surface area contributed by atoms with Gasteiger partial charge in [-0.3, -0.25) is 4.79 Å². The van der Waals surface area contributed by atoms with E-state index in [1.54, 1.807) is 14.0 Å². The minimum atomic E-state index is -0.371. The summed E-state index contributed by atoms with van der Waals surface area (Å²) in [5, 5.41) is 0. The van der Waals surface area contributed by atoms with Gasteiger partial charge in [0.05, 0.1) is 13.7 Å². The van der Waals surface area contributed by atoms with Crippen LogP contribution in [0.25, 0.3) is 0 Å². The monoisotopic (exact) mass is 448 g/mol. The van der Waals surface area contributed by atoms with E-state index >= 15 is 0 Å². The summed E-state index contributed by atoms with van der Waals surface area (Å²) in [5.74, 6) is 0.490. The molecule has 1 amide bonds. The molecule has 0 aliphatic heterocycles. The van der Waals surface area contributed by atoms with Gasteiger partial charge in [0.15, 0.2) is 0 Å². The van der Waals surface area contributed by atoms with Gasteiger partial charge in [-0.1, -0.05) is 42.5 Å². The van der Waals surface area contributed by atoms with Crippen molar-refractivity contribution >= 4 is 11.9 Å². The third kappa shape index (κ3) is 6.25. The Morgan fingerprint density at radius 3 is 2.27 bits per heavy atom. The summed E-state index contributed by atoms with van der Waals surface area (Å²) >= 11 is 0. The highest BCUT2D eigenvalue weighted by atomic mass is 16.5. The Hall–Kier alpha value is -3.54. The average molecular weight is 449 g/mol. The molecule has 0 aliphatic carbocycles. The van der Waals surface area contributed by atoms with E-state index in [9.17, 15) is 9.59 Å². The van der Waals surface area contributed by atoms with Gasteiger partial charge in [-0.15, -0.1) is 0 Å². The number of esters is 1. The molecule has 174 valence electrons. The minimum Gasteiger partial charge on any atom is -0.497 e. The number of aromatic nitrogens is 1. The van der Waals surface area contributed by atoms with Crippen molar-refractivity contribution in [1.82, 2.24) is 9.88 Å². The lowest BCUT2D eigenvalue weighted by atomic mass is 10.1. The van der Waals surface area contributed by atoms with Gasteiger partial charge < -0.3 is 19.4 Å². The number of amides is 1. The number of rotatable bonds is 10. The van der Waals surface area contributed by atoms with Crippen LogP contribution in [0.15, 0.2) is 54.6 Å². The maximum Gasteiger partial charge on any atom is 0.355 e. The van der Waals surface area contributed by atoms with E-state index in [0.717, 1.165) is 33.7 Å². The maximum atomic E-state index is 13.3. The Kier molecular flexibility index (Phi) is 8.30. The summed E-state index contributed by atoms with van der Waals surface area (Å²) in [6, 6.07) is 17.7. The van der Waals surface area contributed by atoms with Gasteiger partial charge in [0.1, 0.15) is 11.4 Å². The van der Waals surface area contributed by atoms with Crippen molar-refractivity contribution < 1.29 is 19.1 Å². The SMILES string of the molecule is CCOC(=O)c1[nH]c(C)c(CN(Cc2ccccc2)C(=O)CCc2ccc(OC)cc2)c1C. The maximum absolute atomic E-state index is 13.3. The van der Waals surface area contributed by atoms with Crippen LogP contribution in [0.4, 0.5) is 0 Å². The zero-order valence-corrected chi connectivity index (χ0v) is 19.8. The first-order valence-corrected chi connectivity index (χ1v) is 11.2. The number of methoxy groups -OCH3 is 1. The number of H-pyrrole nitrogens is 1. The molecule has 1 heterocycles. The number of nitrogens with one attached hydrogen (secondary N) is 1. The van der Waals surface area contributed by atoms with Gasteiger partial charge >= 0.3 is 5.97 Å². The quantitative estimate of drug-likeness (QED) is 0.444. The zero-order chi connectivity index (χ0) is 23.8. The summed E-state index contributed by atoms with van der Waals surface area (Å²) in [6.45, 7) is 6.84. The lowest BCUT2D eigenvalue weighted by Gasteiger charge is -2.24. The van der Waals surface area contributed by atoms with Crippen LogP contribution in [0.2, 0.25) is 0 Å². The molecule has 0 fully saturated rings. The van der Waals surface area contributed by atoms with Crippen LogP contribution in [-0.4, -0.2) is 35.5 Å². The number of benzene rings is 2. The fourth-order valence-corrected chi connectivity index (χ4v) is 3.86. The molecular weight excluding hydrogens is 416 g/mol. The highest BCUT2D eigenvalue weighted by Gasteiger charge is 2.22. The lowest BCUT2D eigenvalue weighted by Crippen LogP contribution is -2.30. The van der Waals surface area contributed by atoms with E-state index in [0.29, 0.717) is 38.2 Å². The van der Waals surface area contributed by atoms with Gasteiger partial charge in [0.25, 0.3) is 0 Å². The van der Waals surface area contributed by atoms with Gasteiger partial charge in [0.2, 0.25) is 5.91 Å². The summed E-state index contributed by atoms with van der Waals surface area (Å²) in [5.41, 5.74) is 5.25. The average Bonchev–Trinajstić information content (AvgIpc) is 3.11. The molecule has 1 aromatic heterocycles. The van der Waals surface area contributed by atoms with Crippen molar-refractivity contribution in [3.8, 4) is 5.75 Å². The molecule has 6 nitrogen and oxygen atoms in total. The number of carbonyl (C=O) groups is 2. The Morgan fingerprint density at radius 1 is 0.939 bits per heavy atom. The van der Waals surface area contributed by atoms with Crippen LogP contribution in [0.5, 0.6) is 5.75 Å². The summed E-state index contributed by atoms with van der Waals surface area (Å²) < 4.78 is 10.4. The van der Waals surface area contributed by atoms with Crippen LogP contribution in [-0.2, 0) is 29.0 Å². The first-order chi connectivity index (χ1) is 15.9. The van der Waals surface area contributed by atoms with Crippen LogP contribution < -0.4 is 4.74 Å². The van der Waals surface area contributed by atoms with Crippen LogP contribution in [0, 0.1) is 13.8 Å². The molecule has 0 bridgehead atoms. The fraction of sp³-hybridized carbons (Fsp3) is 0.333. The van der Waals surface area contributed by atoms with E-state index in [1.807, 2.05) is 73.3 Å².